The molecule has 0 amide bonds. The van der Waals surface area contributed by atoms with Crippen LogP contribution in [0, 0.1) is 11.2 Å². The zero-order valence-corrected chi connectivity index (χ0v) is 15.0. The molecule has 4 N–H and O–H groups in total. The summed E-state index contributed by atoms with van der Waals surface area (Å²) >= 11 is 0. The number of H-pyrrole nitrogens is 1. The van der Waals surface area contributed by atoms with Crippen molar-refractivity contribution in [2.45, 2.75) is 6.54 Å². The van der Waals surface area contributed by atoms with Crippen LogP contribution in [-0.2, 0) is 6.54 Å². The first-order chi connectivity index (χ1) is 13.0. The third-order valence-corrected chi connectivity index (χ3v) is 4.10. The van der Waals surface area contributed by atoms with E-state index in [0.29, 0.717) is 23.1 Å². The summed E-state index contributed by atoms with van der Waals surface area (Å²) in [6, 6.07) is 11.4. The van der Waals surface area contributed by atoms with Crippen LogP contribution in [0.25, 0.3) is 11.3 Å². The Morgan fingerprint density at radius 2 is 1.78 bits per heavy atom. The second-order valence-electron chi connectivity index (χ2n) is 5.73. The molecule has 0 unspecified atom stereocenters. The number of halogens is 1. The monoisotopic (exact) mass is 369 g/mol. The van der Waals surface area contributed by atoms with Crippen molar-refractivity contribution in [2.24, 2.45) is 5.73 Å². The molecule has 7 nitrogen and oxygen atoms in total. The molecule has 0 radical (unpaired) electrons. The molecule has 0 saturated carbocycles. The van der Waals surface area contributed by atoms with Gasteiger partial charge in [-0.2, -0.15) is 0 Å². The number of guanidine groups is 1. The van der Waals surface area contributed by atoms with E-state index in [1.165, 1.54) is 17.0 Å². The van der Waals surface area contributed by atoms with E-state index >= 15 is 0 Å². The zero-order valence-electron chi connectivity index (χ0n) is 15.0. The molecule has 3 aromatic rings. The Morgan fingerprint density at radius 1 is 1.15 bits per heavy atom. The van der Waals surface area contributed by atoms with Crippen molar-refractivity contribution in [3.8, 4) is 22.8 Å². The Labute approximate surface area is 156 Å². The van der Waals surface area contributed by atoms with Crippen molar-refractivity contribution in [3.05, 3.63) is 60.0 Å². The van der Waals surface area contributed by atoms with Crippen molar-refractivity contribution < 1.29 is 13.9 Å². The highest BCUT2D eigenvalue weighted by molar-refractivity contribution is 5.91. The fraction of sp³-hybridized carbons (Fsp3) is 0.158. The number of nitrogens with zero attached hydrogens (tertiary/aromatic N) is 2. The van der Waals surface area contributed by atoms with E-state index < -0.39 is 0 Å². The van der Waals surface area contributed by atoms with Crippen LogP contribution < -0.4 is 20.1 Å². The molecule has 0 atom stereocenters. The van der Waals surface area contributed by atoms with Crippen LogP contribution in [0.4, 0.5) is 10.3 Å². The number of ether oxygens (including phenoxy) is 2. The minimum Gasteiger partial charge on any atom is -0.496 e. The van der Waals surface area contributed by atoms with E-state index in [9.17, 15) is 4.39 Å². The van der Waals surface area contributed by atoms with Crippen molar-refractivity contribution in [3.63, 3.8) is 0 Å². The predicted octanol–water partition coefficient (Wildman–Crippen LogP) is 3.13. The predicted molar refractivity (Wildman–Crippen MR) is 102 cm³/mol. The molecule has 27 heavy (non-hydrogen) atoms. The summed E-state index contributed by atoms with van der Waals surface area (Å²) in [5.74, 6) is 1.11. The first-order valence-electron chi connectivity index (χ1n) is 8.16. The lowest BCUT2D eigenvalue weighted by Gasteiger charge is -2.22. The smallest absolute Gasteiger partial charge is 0.210 e. The number of hydrogen-bond donors (Lipinski definition) is 3. The van der Waals surface area contributed by atoms with Crippen LogP contribution in [-0.4, -0.2) is 30.1 Å². The minimum absolute atomic E-state index is 0.192. The number of benzene rings is 2. The Bertz CT molecular complexity index is 917. The van der Waals surface area contributed by atoms with Gasteiger partial charge in [-0.15, -0.1) is 0 Å². The highest BCUT2D eigenvalue weighted by Crippen LogP contribution is 2.31. The fourth-order valence-electron chi connectivity index (χ4n) is 2.73. The number of hydrogen-bond acceptors (Lipinski definition) is 4. The van der Waals surface area contributed by atoms with Gasteiger partial charge in [-0.1, -0.05) is 6.07 Å². The number of aromatic nitrogens is 2. The van der Waals surface area contributed by atoms with E-state index in [2.05, 4.69) is 9.97 Å². The van der Waals surface area contributed by atoms with Crippen LogP contribution in [0.15, 0.2) is 48.7 Å². The van der Waals surface area contributed by atoms with Crippen molar-refractivity contribution in [1.29, 1.82) is 5.41 Å². The molecule has 0 spiro atoms. The lowest BCUT2D eigenvalue weighted by molar-refractivity contribution is 0.385. The fourth-order valence-corrected chi connectivity index (χ4v) is 2.73. The van der Waals surface area contributed by atoms with E-state index in [0.717, 1.165) is 11.1 Å². The standard InChI is InChI=1S/C19H20FN5O2/c1-26-16-4-3-5-17(27-2)14(16)11-25(18(21)22)19-23-10-15(24-19)12-6-8-13(20)9-7-12/h3-10H,11H2,1-2H3,(H3,21,22)(H,23,24). The minimum atomic E-state index is -0.317. The number of nitrogens with two attached hydrogens (primary N) is 1. The van der Waals surface area contributed by atoms with Crippen LogP contribution in [0.2, 0.25) is 0 Å². The molecular weight excluding hydrogens is 349 g/mol. The maximum atomic E-state index is 13.1. The molecule has 1 heterocycles. The Balaban J connectivity index is 1.94. The summed E-state index contributed by atoms with van der Waals surface area (Å²) in [4.78, 5) is 8.99. The number of methoxy groups -OCH3 is 2. The number of anilines is 1. The molecule has 0 bridgehead atoms. The Hall–Kier alpha value is -3.55. The number of imidazole rings is 1. The molecule has 8 heteroatoms. The molecule has 0 aliphatic rings. The summed E-state index contributed by atoms with van der Waals surface area (Å²) in [6.45, 7) is 0.221. The van der Waals surface area contributed by atoms with Crippen LogP contribution >= 0.6 is 0 Å². The molecule has 2 aromatic carbocycles. The first-order valence-corrected chi connectivity index (χ1v) is 8.16. The normalized spacial score (nSPS) is 10.5. The van der Waals surface area contributed by atoms with Crippen LogP contribution in [0.3, 0.4) is 0 Å². The quantitative estimate of drug-likeness (QED) is 0.458. The molecule has 3 rings (SSSR count). The van der Waals surface area contributed by atoms with Gasteiger partial charge in [0.25, 0.3) is 0 Å². The molecule has 1 aromatic heterocycles. The van der Waals surface area contributed by atoms with Crippen molar-refractivity contribution in [2.75, 3.05) is 19.1 Å². The lowest BCUT2D eigenvalue weighted by Crippen LogP contribution is -2.37. The topological polar surface area (TPSA) is 100 Å². The molecule has 140 valence electrons. The maximum absolute atomic E-state index is 13.1. The summed E-state index contributed by atoms with van der Waals surface area (Å²) < 4.78 is 23.9. The van der Waals surface area contributed by atoms with E-state index in [-0.39, 0.29) is 18.3 Å². The Kier molecular flexibility index (Phi) is 5.25. The van der Waals surface area contributed by atoms with E-state index in [1.54, 1.807) is 32.5 Å². The van der Waals surface area contributed by atoms with Crippen LogP contribution in [0.1, 0.15) is 5.56 Å². The molecule has 0 saturated heterocycles. The average Bonchev–Trinajstić information content (AvgIpc) is 3.15. The first kappa shape index (κ1) is 18.2. The van der Waals surface area contributed by atoms with Crippen molar-refractivity contribution >= 4 is 11.9 Å². The van der Waals surface area contributed by atoms with Gasteiger partial charge in [0.15, 0.2) is 5.96 Å². The molecule has 0 aliphatic heterocycles. The van der Waals surface area contributed by atoms with Gasteiger partial charge in [0.2, 0.25) is 5.95 Å². The number of aromatic amines is 1. The van der Waals surface area contributed by atoms with Crippen molar-refractivity contribution in [1.82, 2.24) is 9.97 Å². The highest BCUT2D eigenvalue weighted by atomic mass is 19.1. The lowest BCUT2D eigenvalue weighted by atomic mass is 10.1. The molecule has 0 aliphatic carbocycles. The second kappa shape index (κ2) is 7.77. The van der Waals surface area contributed by atoms with Gasteiger partial charge in [-0.3, -0.25) is 10.3 Å². The van der Waals surface area contributed by atoms with E-state index in [4.69, 9.17) is 20.6 Å². The van der Waals surface area contributed by atoms with Gasteiger partial charge in [-0.05, 0) is 36.4 Å². The van der Waals surface area contributed by atoms with Gasteiger partial charge in [-0.25, -0.2) is 9.37 Å². The Morgan fingerprint density at radius 3 is 2.33 bits per heavy atom. The largest absolute Gasteiger partial charge is 0.496 e. The summed E-state index contributed by atoms with van der Waals surface area (Å²) in [5.41, 5.74) is 7.88. The SMILES string of the molecule is COc1cccc(OC)c1CN(C(=N)N)c1nc(-c2ccc(F)cc2)c[nH]1. The molecule has 0 fully saturated rings. The number of nitrogens with one attached hydrogen (secondary N) is 2. The average molecular weight is 369 g/mol. The van der Waals surface area contributed by atoms with Crippen LogP contribution in [0.5, 0.6) is 11.5 Å². The van der Waals surface area contributed by atoms with Gasteiger partial charge in [0.1, 0.15) is 17.3 Å². The third-order valence-electron chi connectivity index (χ3n) is 4.10. The van der Waals surface area contributed by atoms with Gasteiger partial charge < -0.3 is 20.2 Å². The summed E-state index contributed by atoms with van der Waals surface area (Å²) in [6.07, 6.45) is 1.68. The highest BCUT2D eigenvalue weighted by Gasteiger charge is 2.20. The maximum Gasteiger partial charge on any atom is 0.210 e. The summed E-state index contributed by atoms with van der Waals surface area (Å²) in [5, 5.41) is 7.95. The molecular formula is C19H20FN5O2. The van der Waals surface area contributed by atoms with Gasteiger partial charge >= 0.3 is 0 Å². The third kappa shape index (κ3) is 3.84. The van der Waals surface area contributed by atoms with Gasteiger partial charge in [0.05, 0.1) is 32.0 Å². The van der Waals surface area contributed by atoms with E-state index in [1.807, 2.05) is 18.2 Å². The zero-order chi connectivity index (χ0) is 19.4. The second-order valence-corrected chi connectivity index (χ2v) is 5.73. The summed E-state index contributed by atoms with van der Waals surface area (Å²) in [7, 11) is 3.13. The number of rotatable bonds is 6. The van der Waals surface area contributed by atoms with Gasteiger partial charge in [0, 0.05) is 11.8 Å².